The fraction of sp³-hybridized carbons (Fsp3) is 0.500. The fourth-order valence-electron chi connectivity index (χ4n) is 2.08. The van der Waals surface area contributed by atoms with E-state index in [0.717, 1.165) is 42.9 Å². The Morgan fingerprint density at radius 2 is 2.09 bits per heavy atom. The van der Waals surface area contributed by atoms with Gasteiger partial charge in [-0.05, 0) is 44.0 Å². The van der Waals surface area contributed by atoms with Gasteiger partial charge in [-0.1, -0.05) is 30.2 Å². The van der Waals surface area contributed by atoms with E-state index in [9.17, 15) is 9.59 Å². The third-order valence-electron chi connectivity index (χ3n) is 3.24. The minimum Gasteiger partial charge on any atom is -0.480 e. The number of urea groups is 1. The van der Waals surface area contributed by atoms with E-state index in [-0.39, 0.29) is 12.6 Å². The molecule has 6 nitrogen and oxygen atoms in total. The fourth-order valence-corrected chi connectivity index (χ4v) is 2.30. The van der Waals surface area contributed by atoms with Crippen LogP contribution in [0.25, 0.3) is 0 Å². The summed E-state index contributed by atoms with van der Waals surface area (Å²) in [6, 6.07) is 7.32. The van der Waals surface area contributed by atoms with E-state index < -0.39 is 12.0 Å². The van der Waals surface area contributed by atoms with E-state index in [1.165, 1.54) is 0 Å². The van der Waals surface area contributed by atoms with Crippen molar-refractivity contribution in [3.8, 4) is 0 Å². The number of carboxylic acids is 1. The first-order valence-corrected chi connectivity index (χ1v) is 8.06. The second-order valence-electron chi connectivity index (χ2n) is 5.42. The molecule has 0 aliphatic heterocycles. The molecule has 0 saturated carbocycles. The Bertz CT molecular complexity index is 511. The van der Waals surface area contributed by atoms with E-state index in [1.54, 1.807) is 0 Å². The lowest BCUT2D eigenvalue weighted by molar-refractivity contribution is -0.135. The van der Waals surface area contributed by atoms with Gasteiger partial charge in [0.15, 0.2) is 0 Å². The first-order valence-electron chi connectivity index (χ1n) is 7.68. The molecule has 0 radical (unpaired) electrons. The molecular formula is C16H24ClN3O3. The van der Waals surface area contributed by atoms with Gasteiger partial charge in [-0.15, -0.1) is 0 Å². The van der Waals surface area contributed by atoms with Crippen molar-refractivity contribution in [2.24, 2.45) is 0 Å². The van der Waals surface area contributed by atoms with E-state index >= 15 is 0 Å². The number of unbranched alkanes of at least 4 members (excludes halogenated alkanes) is 1. The quantitative estimate of drug-likeness (QED) is 0.492. The Balaban J connectivity index is 2.03. The van der Waals surface area contributed by atoms with Crippen molar-refractivity contribution < 1.29 is 14.7 Å². The summed E-state index contributed by atoms with van der Waals surface area (Å²) in [6.45, 7) is 3.21. The van der Waals surface area contributed by atoms with Crippen LogP contribution in [0.4, 0.5) is 4.79 Å². The maximum atomic E-state index is 11.4. The smallest absolute Gasteiger partial charge is 0.323 e. The normalized spacial score (nSPS) is 11.7. The van der Waals surface area contributed by atoms with Crippen molar-refractivity contribution in [1.82, 2.24) is 16.0 Å². The predicted molar refractivity (Wildman–Crippen MR) is 90.6 cm³/mol. The van der Waals surface area contributed by atoms with E-state index in [1.807, 2.05) is 31.2 Å². The maximum absolute atomic E-state index is 11.4. The van der Waals surface area contributed by atoms with Gasteiger partial charge in [0, 0.05) is 17.6 Å². The van der Waals surface area contributed by atoms with Gasteiger partial charge < -0.3 is 21.1 Å². The maximum Gasteiger partial charge on any atom is 0.323 e. The molecule has 0 unspecified atom stereocenters. The van der Waals surface area contributed by atoms with Crippen molar-refractivity contribution in [2.75, 3.05) is 13.1 Å². The van der Waals surface area contributed by atoms with Crippen LogP contribution in [-0.4, -0.2) is 36.2 Å². The minimum atomic E-state index is -1.06. The number of carbonyl (C=O) groups is 2. The average Bonchev–Trinajstić information content (AvgIpc) is 2.48. The number of halogens is 1. The van der Waals surface area contributed by atoms with E-state index in [2.05, 4.69) is 16.0 Å². The first kappa shape index (κ1) is 19.3. The second-order valence-corrected chi connectivity index (χ2v) is 5.86. The second kappa shape index (κ2) is 10.9. The molecule has 23 heavy (non-hydrogen) atoms. The minimum absolute atomic E-state index is 0.0109. The van der Waals surface area contributed by atoms with E-state index in [0.29, 0.717) is 0 Å². The Kier molecular flexibility index (Phi) is 9.09. The van der Waals surface area contributed by atoms with Gasteiger partial charge in [-0.25, -0.2) is 4.79 Å². The van der Waals surface area contributed by atoms with Gasteiger partial charge in [0.1, 0.15) is 6.54 Å². The molecule has 0 saturated heterocycles. The van der Waals surface area contributed by atoms with Crippen LogP contribution in [0.1, 0.15) is 31.7 Å². The molecule has 0 aliphatic rings. The zero-order valence-corrected chi connectivity index (χ0v) is 14.0. The summed E-state index contributed by atoms with van der Waals surface area (Å²) < 4.78 is 0. The van der Waals surface area contributed by atoms with E-state index in [4.69, 9.17) is 16.7 Å². The predicted octanol–water partition coefficient (Wildman–Crippen LogP) is 2.37. The Morgan fingerprint density at radius 1 is 1.30 bits per heavy atom. The largest absolute Gasteiger partial charge is 0.480 e. The molecule has 0 aromatic heterocycles. The lowest BCUT2D eigenvalue weighted by atomic mass is 10.1. The number of carbonyl (C=O) groups excluding carboxylic acids is 1. The highest BCUT2D eigenvalue weighted by Gasteiger charge is 2.07. The number of benzene rings is 1. The zero-order valence-electron chi connectivity index (χ0n) is 13.3. The van der Waals surface area contributed by atoms with Gasteiger partial charge in [-0.3, -0.25) is 4.79 Å². The number of hydrogen-bond acceptors (Lipinski definition) is 3. The van der Waals surface area contributed by atoms with Gasteiger partial charge in [0.2, 0.25) is 0 Å². The summed E-state index contributed by atoms with van der Waals surface area (Å²) in [4.78, 5) is 21.7. The van der Waals surface area contributed by atoms with Crippen LogP contribution < -0.4 is 16.0 Å². The summed E-state index contributed by atoms with van der Waals surface area (Å²) in [5.74, 6) is -1.06. The summed E-state index contributed by atoms with van der Waals surface area (Å²) >= 11 is 5.92. The monoisotopic (exact) mass is 341 g/mol. The summed E-state index contributed by atoms with van der Waals surface area (Å²) in [6.07, 6.45) is 2.82. The zero-order chi connectivity index (χ0) is 17.1. The van der Waals surface area contributed by atoms with Crippen LogP contribution in [-0.2, 0) is 11.3 Å². The molecule has 4 N–H and O–H groups in total. The van der Waals surface area contributed by atoms with Crippen LogP contribution in [0, 0.1) is 0 Å². The van der Waals surface area contributed by atoms with Crippen molar-refractivity contribution in [3.63, 3.8) is 0 Å². The molecule has 128 valence electrons. The number of hydrogen-bond donors (Lipinski definition) is 4. The molecule has 1 aromatic rings. The van der Waals surface area contributed by atoms with Crippen molar-refractivity contribution in [1.29, 1.82) is 0 Å². The van der Waals surface area contributed by atoms with Gasteiger partial charge in [0.05, 0.1) is 0 Å². The Labute approximate surface area is 141 Å². The average molecular weight is 342 g/mol. The lowest BCUT2D eigenvalue weighted by Gasteiger charge is -2.14. The summed E-state index contributed by atoms with van der Waals surface area (Å²) in [5.41, 5.74) is 1.16. The molecule has 0 aliphatic carbocycles. The van der Waals surface area contributed by atoms with Crippen molar-refractivity contribution >= 4 is 23.6 Å². The van der Waals surface area contributed by atoms with Gasteiger partial charge >= 0.3 is 12.0 Å². The van der Waals surface area contributed by atoms with Crippen LogP contribution in [0.2, 0.25) is 5.02 Å². The van der Waals surface area contributed by atoms with Crippen LogP contribution in [0.3, 0.4) is 0 Å². The number of aliphatic carboxylic acids is 1. The molecule has 0 spiro atoms. The number of nitrogens with one attached hydrogen (secondary N) is 3. The molecule has 0 heterocycles. The molecule has 0 fully saturated rings. The Hall–Kier alpha value is -1.79. The number of carboxylic acid groups (broad SMARTS) is 1. The molecule has 2 amide bonds. The summed E-state index contributed by atoms with van der Waals surface area (Å²) in [7, 11) is 0. The van der Waals surface area contributed by atoms with Crippen molar-refractivity contribution in [3.05, 3.63) is 34.9 Å². The summed E-state index contributed by atoms with van der Waals surface area (Å²) in [5, 5.41) is 17.5. The van der Waals surface area contributed by atoms with Gasteiger partial charge in [-0.2, -0.15) is 0 Å². The highest BCUT2D eigenvalue weighted by atomic mass is 35.5. The molecule has 1 rings (SSSR count). The molecule has 0 bridgehead atoms. The molecule has 1 atom stereocenters. The SMILES string of the molecule is C[C@H](CCCCNCc1cccc(Cl)c1)NC(=O)NCC(=O)O. The molecular weight excluding hydrogens is 318 g/mol. The first-order chi connectivity index (χ1) is 11.0. The highest BCUT2D eigenvalue weighted by Crippen LogP contribution is 2.10. The molecule has 1 aromatic carbocycles. The van der Waals surface area contributed by atoms with Crippen LogP contribution >= 0.6 is 11.6 Å². The third kappa shape index (κ3) is 9.76. The topological polar surface area (TPSA) is 90.5 Å². The van der Waals surface area contributed by atoms with Crippen LogP contribution in [0.15, 0.2) is 24.3 Å². The number of amides is 2. The number of rotatable bonds is 10. The van der Waals surface area contributed by atoms with Gasteiger partial charge in [0.25, 0.3) is 0 Å². The third-order valence-corrected chi connectivity index (χ3v) is 3.47. The highest BCUT2D eigenvalue weighted by molar-refractivity contribution is 6.30. The molecule has 7 heteroatoms. The van der Waals surface area contributed by atoms with Crippen LogP contribution in [0.5, 0.6) is 0 Å². The van der Waals surface area contributed by atoms with Crippen molar-refractivity contribution in [2.45, 2.75) is 38.8 Å². The standard InChI is InChI=1S/C16H24ClN3O3/c1-12(20-16(23)19-11-15(21)22)5-2-3-8-18-10-13-6-4-7-14(17)9-13/h4,6-7,9,12,18H,2-3,5,8,10-11H2,1H3,(H,21,22)(H2,19,20,23)/t12-/m1/s1. The Morgan fingerprint density at radius 3 is 2.78 bits per heavy atom. The lowest BCUT2D eigenvalue weighted by Crippen LogP contribution is -2.42.